The third-order valence-electron chi connectivity index (χ3n) is 6.27. The number of esters is 1. The zero-order valence-electron chi connectivity index (χ0n) is 21.9. The molecule has 5 aromatic rings. The third-order valence-corrected chi connectivity index (χ3v) is 7.26. The number of methoxy groups -OCH3 is 2. The third kappa shape index (κ3) is 5.82. The molecule has 10 heteroatoms. The summed E-state index contributed by atoms with van der Waals surface area (Å²) in [6, 6.07) is 24.3. The Morgan fingerprint density at radius 1 is 0.902 bits per heavy atom. The van der Waals surface area contributed by atoms with Crippen LogP contribution in [-0.4, -0.2) is 37.3 Å². The van der Waals surface area contributed by atoms with Crippen molar-refractivity contribution in [1.29, 1.82) is 0 Å². The van der Waals surface area contributed by atoms with Crippen LogP contribution < -0.4 is 19.6 Å². The van der Waals surface area contributed by atoms with Crippen LogP contribution in [0.4, 0.5) is 0 Å². The predicted molar refractivity (Wildman–Crippen MR) is 162 cm³/mol. The summed E-state index contributed by atoms with van der Waals surface area (Å²) in [6.07, 6.45) is 1.41. The number of nitrogens with one attached hydrogen (secondary N) is 2. The molecule has 1 aromatic heterocycles. The lowest BCUT2D eigenvalue weighted by molar-refractivity contribution is 0.0734. The van der Waals surface area contributed by atoms with Gasteiger partial charge in [-0.05, 0) is 54.6 Å². The Balaban J connectivity index is 1.43. The van der Waals surface area contributed by atoms with Crippen molar-refractivity contribution in [3.8, 4) is 28.4 Å². The normalized spacial score (nSPS) is 11.0. The second kappa shape index (κ2) is 12.3. The number of benzene rings is 4. The molecule has 0 radical (unpaired) electrons. The fraction of sp³-hybridized carbons (Fsp3) is 0.0645. The zero-order valence-corrected chi connectivity index (χ0v) is 24.2. The second-order valence-corrected chi connectivity index (χ2v) is 9.97. The van der Waals surface area contributed by atoms with E-state index in [4.69, 9.17) is 25.8 Å². The van der Waals surface area contributed by atoms with E-state index in [2.05, 4.69) is 31.4 Å². The molecule has 0 atom stereocenters. The molecule has 0 aliphatic heterocycles. The molecule has 206 valence electrons. The Morgan fingerprint density at radius 2 is 1.63 bits per heavy atom. The Hall–Kier alpha value is -4.60. The van der Waals surface area contributed by atoms with Crippen LogP contribution in [0.15, 0.2) is 94.5 Å². The van der Waals surface area contributed by atoms with Gasteiger partial charge < -0.3 is 19.2 Å². The number of para-hydroxylation sites is 1. The molecule has 1 amide bonds. The summed E-state index contributed by atoms with van der Waals surface area (Å²) in [5, 5.41) is 5.36. The van der Waals surface area contributed by atoms with Crippen LogP contribution in [0.3, 0.4) is 0 Å². The van der Waals surface area contributed by atoms with Gasteiger partial charge in [-0.3, -0.25) is 4.79 Å². The topological polar surface area (TPSA) is 102 Å². The van der Waals surface area contributed by atoms with E-state index in [1.54, 1.807) is 74.9 Å². The number of carbonyl (C=O) groups is 2. The molecular weight excluding hydrogens is 610 g/mol. The largest absolute Gasteiger partial charge is 0.497 e. The SMILES string of the molecule is COc1ccc(C(=O)Oc2ccccc2C=NNC(=O)c2[nH]c3c(OC)ccc(Br)c3c2-c2ccccc2Cl)cc1. The van der Waals surface area contributed by atoms with Gasteiger partial charge in [0.1, 0.15) is 22.9 Å². The Morgan fingerprint density at radius 3 is 2.37 bits per heavy atom. The van der Waals surface area contributed by atoms with Gasteiger partial charge in [0.2, 0.25) is 0 Å². The van der Waals surface area contributed by atoms with Crippen LogP contribution in [0, 0.1) is 0 Å². The van der Waals surface area contributed by atoms with Gasteiger partial charge in [0.05, 0.1) is 31.5 Å². The van der Waals surface area contributed by atoms with Gasteiger partial charge >= 0.3 is 5.97 Å². The maximum Gasteiger partial charge on any atom is 0.343 e. The molecule has 2 N–H and O–H groups in total. The van der Waals surface area contributed by atoms with E-state index in [0.717, 1.165) is 9.86 Å². The molecule has 0 unspecified atom stereocenters. The second-order valence-electron chi connectivity index (χ2n) is 8.71. The molecule has 0 spiro atoms. The number of hydrazone groups is 1. The number of amides is 1. The van der Waals surface area contributed by atoms with Gasteiger partial charge in [-0.2, -0.15) is 5.10 Å². The van der Waals surface area contributed by atoms with Gasteiger partial charge in [0, 0.05) is 31.6 Å². The van der Waals surface area contributed by atoms with Crippen molar-refractivity contribution in [1.82, 2.24) is 10.4 Å². The predicted octanol–water partition coefficient (Wildman–Crippen LogP) is 7.25. The molecule has 0 bridgehead atoms. The summed E-state index contributed by atoms with van der Waals surface area (Å²) in [5.41, 5.74) is 5.55. The highest BCUT2D eigenvalue weighted by molar-refractivity contribution is 9.10. The summed E-state index contributed by atoms with van der Waals surface area (Å²) in [5.74, 6) is 0.422. The first kappa shape index (κ1) is 27.9. The van der Waals surface area contributed by atoms with Crippen LogP contribution in [0.1, 0.15) is 26.4 Å². The summed E-state index contributed by atoms with van der Waals surface area (Å²) >= 11 is 10.2. The number of carbonyl (C=O) groups excluding carboxylic acids is 2. The van der Waals surface area contributed by atoms with Crippen LogP contribution >= 0.6 is 27.5 Å². The number of hydrogen-bond acceptors (Lipinski definition) is 6. The Bertz CT molecular complexity index is 1780. The van der Waals surface area contributed by atoms with E-state index in [9.17, 15) is 9.59 Å². The molecular formula is C31H23BrClN3O5. The van der Waals surface area contributed by atoms with Gasteiger partial charge in [-0.1, -0.05) is 57.9 Å². The lowest BCUT2D eigenvalue weighted by Crippen LogP contribution is -2.19. The molecule has 0 aliphatic rings. The number of aromatic nitrogens is 1. The molecule has 0 aliphatic carbocycles. The van der Waals surface area contributed by atoms with E-state index < -0.39 is 11.9 Å². The maximum absolute atomic E-state index is 13.5. The van der Waals surface area contributed by atoms with Crippen LogP contribution in [0.25, 0.3) is 22.0 Å². The van der Waals surface area contributed by atoms with E-state index >= 15 is 0 Å². The first-order chi connectivity index (χ1) is 19.9. The average Bonchev–Trinajstić information content (AvgIpc) is 3.40. The van der Waals surface area contributed by atoms with Crippen molar-refractivity contribution in [2.24, 2.45) is 5.10 Å². The van der Waals surface area contributed by atoms with E-state index in [1.165, 1.54) is 6.21 Å². The highest BCUT2D eigenvalue weighted by atomic mass is 79.9. The molecule has 41 heavy (non-hydrogen) atoms. The Kier molecular flexibility index (Phi) is 8.37. The molecule has 0 fully saturated rings. The first-order valence-corrected chi connectivity index (χ1v) is 13.5. The van der Waals surface area contributed by atoms with Crippen molar-refractivity contribution < 1.29 is 23.8 Å². The molecule has 8 nitrogen and oxygen atoms in total. The lowest BCUT2D eigenvalue weighted by atomic mass is 10.0. The van der Waals surface area contributed by atoms with Gasteiger partial charge in [0.15, 0.2) is 0 Å². The van der Waals surface area contributed by atoms with Gasteiger partial charge in [-0.25, -0.2) is 10.2 Å². The molecule has 0 saturated carbocycles. The number of aromatic amines is 1. The Labute approximate surface area is 249 Å². The summed E-state index contributed by atoms with van der Waals surface area (Å²) in [7, 11) is 3.11. The monoisotopic (exact) mass is 631 g/mol. The fourth-order valence-corrected chi connectivity index (χ4v) is 5.05. The standard InChI is InChI=1S/C31H23BrClN3O5/c1-39-20-13-11-18(12-14-20)31(38)41-24-10-6-3-7-19(24)17-34-36-30(37)29-26(21-8-4-5-9-23(21)33)27-22(32)15-16-25(40-2)28(27)35-29/h3-17,35H,1-2H3,(H,36,37). The highest BCUT2D eigenvalue weighted by Crippen LogP contribution is 2.42. The van der Waals surface area contributed by atoms with E-state index in [0.29, 0.717) is 44.3 Å². The summed E-state index contributed by atoms with van der Waals surface area (Å²) in [4.78, 5) is 29.3. The van der Waals surface area contributed by atoms with Crippen molar-refractivity contribution in [3.63, 3.8) is 0 Å². The number of ether oxygens (including phenoxy) is 3. The maximum atomic E-state index is 13.5. The molecule has 4 aromatic carbocycles. The van der Waals surface area contributed by atoms with Crippen LogP contribution in [0.2, 0.25) is 5.02 Å². The number of rotatable bonds is 8. The first-order valence-electron chi connectivity index (χ1n) is 12.3. The summed E-state index contributed by atoms with van der Waals surface area (Å²) < 4.78 is 17.0. The number of halogens is 2. The lowest BCUT2D eigenvalue weighted by Gasteiger charge is -2.09. The molecule has 0 saturated heterocycles. The quantitative estimate of drug-likeness (QED) is 0.0812. The average molecular weight is 633 g/mol. The summed E-state index contributed by atoms with van der Waals surface area (Å²) in [6.45, 7) is 0. The fourth-order valence-electron chi connectivity index (χ4n) is 4.30. The minimum Gasteiger partial charge on any atom is -0.497 e. The van der Waals surface area contributed by atoms with Gasteiger partial charge in [-0.15, -0.1) is 0 Å². The van der Waals surface area contributed by atoms with Crippen molar-refractivity contribution >= 4 is 56.5 Å². The van der Waals surface area contributed by atoms with Crippen molar-refractivity contribution in [3.05, 3.63) is 111 Å². The smallest absolute Gasteiger partial charge is 0.343 e. The van der Waals surface area contributed by atoms with Crippen molar-refractivity contribution in [2.75, 3.05) is 14.2 Å². The van der Waals surface area contributed by atoms with Crippen molar-refractivity contribution in [2.45, 2.75) is 0 Å². The minimum atomic E-state index is -0.542. The number of nitrogens with zero attached hydrogens (tertiary/aromatic N) is 1. The number of hydrogen-bond donors (Lipinski definition) is 2. The number of H-pyrrole nitrogens is 1. The highest BCUT2D eigenvalue weighted by Gasteiger charge is 2.24. The zero-order chi connectivity index (χ0) is 28.9. The minimum absolute atomic E-state index is 0.245. The molecule has 1 heterocycles. The van der Waals surface area contributed by atoms with Crippen LogP contribution in [-0.2, 0) is 0 Å². The molecule has 5 rings (SSSR count). The number of fused-ring (bicyclic) bond motifs is 1. The van der Waals surface area contributed by atoms with Crippen LogP contribution in [0.5, 0.6) is 17.2 Å². The van der Waals surface area contributed by atoms with E-state index in [1.807, 2.05) is 24.3 Å². The van der Waals surface area contributed by atoms with E-state index in [-0.39, 0.29) is 11.4 Å². The van der Waals surface area contributed by atoms with Gasteiger partial charge in [0.25, 0.3) is 5.91 Å².